The molecule has 0 bridgehead atoms. The lowest BCUT2D eigenvalue weighted by Gasteiger charge is -2.16. The average molecular weight is 284 g/mol. The van der Waals surface area contributed by atoms with E-state index in [4.69, 9.17) is 4.98 Å². The SMILES string of the molecule is c1cc2c(cc1-c1csc(C3CCCN3)n1)CCCC2. The van der Waals surface area contributed by atoms with Gasteiger partial charge in [0.2, 0.25) is 0 Å². The second kappa shape index (κ2) is 5.30. The Morgan fingerprint density at radius 3 is 2.85 bits per heavy atom. The highest BCUT2D eigenvalue weighted by atomic mass is 32.1. The first kappa shape index (κ1) is 12.5. The van der Waals surface area contributed by atoms with Crippen molar-refractivity contribution in [3.8, 4) is 11.3 Å². The van der Waals surface area contributed by atoms with Gasteiger partial charge < -0.3 is 5.32 Å². The maximum absolute atomic E-state index is 4.87. The summed E-state index contributed by atoms with van der Waals surface area (Å²) in [5.41, 5.74) is 5.55. The van der Waals surface area contributed by atoms with Gasteiger partial charge in [0, 0.05) is 10.9 Å². The standard InChI is InChI=1S/C17H20N2S/c1-2-5-13-10-14(8-7-12(13)4-1)16-11-20-17(19-16)15-6-3-9-18-15/h7-8,10-11,15,18H,1-6,9H2. The number of hydrogen-bond donors (Lipinski definition) is 1. The number of benzene rings is 1. The Morgan fingerprint density at radius 2 is 2.00 bits per heavy atom. The first-order valence-electron chi connectivity index (χ1n) is 7.71. The number of thiazole rings is 1. The number of rotatable bonds is 2. The van der Waals surface area contributed by atoms with Crippen LogP contribution < -0.4 is 5.32 Å². The van der Waals surface area contributed by atoms with E-state index < -0.39 is 0 Å². The van der Waals surface area contributed by atoms with Crippen LogP contribution in [0.15, 0.2) is 23.6 Å². The van der Waals surface area contributed by atoms with Gasteiger partial charge in [0.1, 0.15) is 5.01 Å². The third-order valence-corrected chi connectivity index (χ3v) is 5.48. The van der Waals surface area contributed by atoms with Crippen molar-refractivity contribution in [2.24, 2.45) is 0 Å². The van der Waals surface area contributed by atoms with Crippen LogP contribution in [0.2, 0.25) is 0 Å². The second-order valence-electron chi connectivity index (χ2n) is 5.91. The van der Waals surface area contributed by atoms with E-state index in [9.17, 15) is 0 Å². The first-order chi connectivity index (χ1) is 9.90. The van der Waals surface area contributed by atoms with Crippen LogP contribution in [0.3, 0.4) is 0 Å². The summed E-state index contributed by atoms with van der Waals surface area (Å²) in [5, 5.41) is 7.02. The quantitative estimate of drug-likeness (QED) is 0.897. The van der Waals surface area contributed by atoms with Crippen LogP contribution in [-0.4, -0.2) is 11.5 Å². The van der Waals surface area contributed by atoms with Crippen molar-refractivity contribution in [3.05, 3.63) is 39.7 Å². The molecule has 1 saturated heterocycles. The van der Waals surface area contributed by atoms with Crippen molar-refractivity contribution in [3.63, 3.8) is 0 Å². The molecular weight excluding hydrogens is 264 g/mol. The van der Waals surface area contributed by atoms with Gasteiger partial charge in [-0.05, 0) is 62.3 Å². The summed E-state index contributed by atoms with van der Waals surface area (Å²) < 4.78 is 0. The molecule has 3 heteroatoms. The van der Waals surface area contributed by atoms with Gasteiger partial charge in [-0.1, -0.05) is 12.1 Å². The molecule has 1 unspecified atom stereocenters. The molecule has 2 aliphatic rings. The van der Waals surface area contributed by atoms with E-state index >= 15 is 0 Å². The number of aryl methyl sites for hydroxylation is 2. The Balaban J connectivity index is 1.63. The first-order valence-corrected chi connectivity index (χ1v) is 8.59. The van der Waals surface area contributed by atoms with Crippen LogP contribution >= 0.6 is 11.3 Å². The summed E-state index contributed by atoms with van der Waals surface area (Å²) in [5.74, 6) is 0. The Morgan fingerprint density at radius 1 is 1.10 bits per heavy atom. The molecule has 1 aromatic heterocycles. The largest absolute Gasteiger partial charge is 0.308 e. The van der Waals surface area contributed by atoms with E-state index in [1.165, 1.54) is 49.1 Å². The smallest absolute Gasteiger partial charge is 0.110 e. The maximum Gasteiger partial charge on any atom is 0.110 e. The monoisotopic (exact) mass is 284 g/mol. The summed E-state index contributed by atoms with van der Waals surface area (Å²) >= 11 is 1.81. The van der Waals surface area contributed by atoms with Gasteiger partial charge in [-0.3, -0.25) is 0 Å². The van der Waals surface area contributed by atoms with E-state index in [0.717, 1.165) is 12.2 Å². The van der Waals surface area contributed by atoms with Gasteiger partial charge in [-0.15, -0.1) is 11.3 Å². The highest BCUT2D eigenvalue weighted by molar-refractivity contribution is 7.10. The average Bonchev–Trinajstić information content (AvgIpc) is 3.17. The minimum absolute atomic E-state index is 0.492. The van der Waals surface area contributed by atoms with Crippen LogP contribution in [0.5, 0.6) is 0 Å². The summed E-state index contributed by atoms with van der Waals surface area (Å²) in [6.45, 7) is 1.14. The van der Waals surface area contributed by atoms with Crippen molar-refractivity contribution in [2.45, 2.75) is 44.6 Å². The molecule has 1 N–H and O–H groups in total. The van der Waals surface area contributed by atoms with Gasteiger partial charge in [0.25, 0.3) is 0 Å². The summed E-state index contributed by atoms with van der Waals surface area (Å²) in [4.78, 5) is 4.87. The molecule has 20 heavy (non-hydrogen) atoms. The lowest BCUT2D eigenvalue weighted by molar-refractivity contribution is 0.643. The molecule has 2 heterocycles. The van der Waals surface area contributed by atoms with Crippen molar-refractivity contribution in [1.29, 1.82) is 0 Å². The molecule has 4 rings (SSSR count). The van der Waals surface area contributed by atoms with Gasteiger partial charge in [0.15, 0.2) is 0 Å². The Kier molecular flexibility index (Phi) is 3.32. The van der Waals surface area contributed by atoms with E-state index in [2.05, 4.69) is 28.9 Å². The fraction of sp³-hybridized carbons (Fsp3) is 0.471. The molecule has 104 valence electrons. The Labute approximate surface area is 124 Å². The highest BCUT2D eigenvalue weighted by Gasteiger charge is 2.20. The molecule has 1 aromatic carbocycles. The van der Waals surface area contributed by atoms with Crippen LogP contribution in [-0.2, 0) is 12.8 Å². The topological polar surface area (TPSA) is 24.9 Å². The third kappa shape index (κ3) is 2.29. The predicted molar refractivity (Wildman–Crippen MR) is 84.2 cm³/mol. The fourth-order valence-corrected chi connectivity index (χ4v) is 4.31. The zero-order valence-corrected chi connectivity index (χ0v) is 12.5. The number of aromatic nitrogens is 1. The zero-order chi connectivity index (χ0) is 13.4. The lowest BCUT2D eigenvalue weighted by atomic mass is 9.90. The molecular formula is C17H20N2S. The van der Waals surface area contributed by atoms with Gasteiger partial charge in [-0.2, -0.15) is 0 Å². The lowest BCUT2D eigenvalue weighted by Crippen LogP contribution is -2.12. The predicted octanol–water partition coefficient (Wildman–Crippen LogP) is 4.11. The molecule has 2 aromatic rings. The van der Waals surface area contributed by atoms with E-state index in [1.807, 2.05) is 0 Å². The summed E-state index contributed by atoms with van der Waals surface area (Å²) in [6.07, 6.45) is 7.69. The fourth-order valence-electron chi connectivity index (χ4n) is 3.37. The number of nitrogens with zero attached hydrogens (tertiary/aromatic N) is 1. The van der Waals surface area contributed by atoms with E-state index in [1.54, 1.807) is 22.5 Å². The van der Waals surface area contributed by atoms with Gasteiger partial charge in [0.05, 0.1) is 11.7 Å². The molecule has 1 aliphatic carbocycles. The van der Waals surface area contributed by atoms with Gasteiger partial charge in [-0.25, -0.2) is 4.98 Å². The van der Waals surface area contributed by atoms with Crippen molar-refractivity contribution in [1.82, 2.24) is 10.3 Å². The Hall–Kier alpha value is -1.19. The second-order valence-corrected chi connectivity index (χ2v) is 6.80. The van der Waals surface area contributed by atoms with Crippen LogP contribution in [0.25, 0.3) is 11.3 Å². The van der Waals surface area contributed by atoms with Crippen LogP contribution in [0.4, 0.5) is 0 Å². The van der Waals surface area contributed by atoms with Crippen molar-refractivity contribution in [2.75, 3.05) is 6.54 Å². The molecule has 0 amide bonds. The summed E-state index contributed by atoms with van der Waals surface area (Å²) in [7, 11) is 0. The minimum Gasteiger partial charge on any atom is -0.308 e. The van der Waals surface area contributed by atoms with Crippen LogP contribution in [0.1, 0.15) is 47.9 Å². The number of hydrogen-bond acceptors (Lipinski definition) is 3. The molecule has 1 aliphatic heterocycles. The van der Waals surface area contributed by atoms with Crippen molar-refractivity contribution < 1.29 is 0 Å². The van der Waals surface area contributed by atoms with E-state index in [0.29, 0.717) is 6.04 Å². The zero-order valence-electron chi connectivity index (χ0n) is 11.7. The van der Waals surface area contributed by atoms with E-state index in [-0.39, 0.29) is 0 Å². The molecule has 1 atom stereocenters. The number of fused-ring (bicyclic) bond motifs is 1. The minimum atomic E-state index is 0.492. The normalized spacial score (nSPS) is 21.9. The number of nitrogens with one attached hydrogen (secondary N) is 1. The molecule has 0 saturated carbocycles. The highest BCUT2D eigenvalue weighted by Crippen LogP contribution is 2.31. The molecule has 1 fully saturated rings. The van der Waals surface area contributed by atoms with Crippen molar-refractivity contribution >= 4 is 11.3 Å². The molecule has 2 nitrogen and oxygen atoms in total. The van der Waals surface area contributed by atoms with Crippen LogP contribution in [0, 0.1) is 0 Å². The summed E-state index contributed by atoms with van der Waals surface area (Å²) in [6, 6.07) is 7.43. The molecule has 0 radical (unpaired) electrons. The Bertz CT molecular complexity index is 611. The third-order valence-electron chi connectivity index (χ3n) is 4.52. The van der Waals surface area contributed by atoms with Gasteiger partial charge >= 0.3 is 0 Å². The molecule has 0 spiro atoms. The maximum atomic E-state index is 4.87.